The van der Waals surface area contributed by atoms with Crippen molar-refractivity contribution in [1.29, 1.82) is 0 Å². The fourth-order valence-corrected chi connectivity index (χ4v) is 1.44. The van der Waals surface area contributed by atoms with Crippen LogP contribution in [0.5, 0.6) is 0 Å². The minimum Gasteiger partial charge on any atom is -0.399 e. The van der Waals surface area contributed by atoms with Crippen LogP contribution in [0, 0.1) is 5.82 Å². The summed E-state index contributed by atoms with van der Waals surface area (Å²) in [5.41, 5.74) is 5.75. The predicted molar refractivity (Wildman–Crippen MR) is 60.3 cm³/mol. The van der Waals surface area contributed by atoms with Crippen LogP contribution < -0.4 is 11.1 Å². The maximum atomic E-state index is 13.4. The van der Waals surface area contributed by atoms with E-state index in [0.717, 1.165) is 6.07 Å². The van der Waals surface area contributed by atoms with Crippen molar-refractivity contribution in [2.45, 2.75) is 18.6 Å². The largest absolute Gasteiger partial charge is 0.399 e. The van der Waals surface area contributed by atoms with Gasteiger partial charge in [-0.1, -0.05) is 6.07 Å². The van der Waals surface area contributed by atoms with Gasteiger partial charge in [-0.05, 0) is 32.1 Å². The van der Waals surface area contributed by atoms with Crippen molar-refractivity contribution in [3.8, 4) is 0 Å². The van der Waals surface area contributed by atoms with E-state index in [0.29, 0.717) is 13.0 Å². The number of aliphatic hydroxyl groups excluding tert-OH is 2. The van der Waals surface area contributed by atoms with Crippen LogP contribution in [0.1, 0.15) is 18.1 Å². The Morgan fingerprint density at radius 1 is 1.44 bits per heavy atom. The Balaban J connectivity index is 2.75. The van der Waals surface area contributed by atoms with E-state index in [9.17, 15) is 14.6 Å². The molecule has 2 unspecified atom stereocenters. The van der Waals surface area contributed by atoms with E-state index >= 15 is 0 Å². The number of nitrogens with one attached hydrogen (secondary N) is 1. The van der Waals surface area contributed by atoms with Gasteiger partial charge in [0.15, 0.2) is 0 Å². The predicted octanol–water partition coefficient (Wildman–Crippen LogP) is 0.412. The first kappa shape index (κ1) is 12.9. The molecule has 0 aromatic heterocycles. The van der Waals surface area contributed by atoms with Crippen molar-refractivity contribution in [3.05, 3.63) is 29.6 Å². The first-order valence-corrected chi connectivity index (χ1v) is 5.12. The highest BCUT2D eigenvalue weighted by atomic mass is 19.1. The first-order chi connectivity index (χ1) is 7.56. The highest BCUT2D eigenvalue weighted by molar-refractivity contribution is 5.41. The molecule has 90 valence electrons. The molecule has 0 radical (unpaired) electrons. The van der Waals surface area contributed by atoms with E-state index < -0.39 is 18.0 Å². The SMILES string of the molecule is CNCCC(O)C(O)c1ccc(N)cc1F. The van der Waals surface area contributed by atoms with Crippen molar-refractivity contribution >= 4 is 5.69 Å². The molecule has 0 aliphatic rings. The maximum absolute atomic E-state index is 13.4. The number of hydrogen-bond donors (Lipinski definition) is 4. The molecule has 1 aromatic carbocycles. The number of nitrogens with two attached hydrogens (primary N) is 1. The fraction of sp³-hybridized carbons (Fsp3) is 0.455. The lowest BCUT2D eigenvalue weighted by Crippen LogP contribution is -2.24. The van der Waals surface area contributed by atoms with Gasteiger partial charge in [0.25, 0.3) is 0 Å². The van der Waals surface area contributed by atoms with Gasteiger partial charge in [0.1, 0.15) is 11.9 Å². The second kappa shape index (κ2) is 5.79. The lowest BCUT2D eigenvalue weighted by molar-refractivity contribution is 0.0120. The van der Waals surface area contributed by atoms with Gasteiger partial charge in [0, 0.05) is 11.3 Å². The Labute approximate surface area is 93.9 Å². The first-order valence-electron chi connectivity index (χ1n) is 5.12. The Morgan fingerprint density at radius 3 is 2.69 bits per heavy atom. The average Bonchev–Trinajstić information content (AvgIpc) is 2.25. The van der Waals surface area contributed by atoms with Crippen molar-refractivity contribution < 1.29 is 14.6 Å². The number of rotatable bonds is 5. The number of halogens is 1. The molecule has 4 nitrogen and oxygen atoms in total. The van der Waals surface area contributed by atoms with Crippen molar-refractivity contribution in [3.63, 3.8) is 0 Å². The number of benzene rings is 1. The highest BCUT2D eigenvalue weighted by Crippen LogP contribution is 2.23. The van der Waals surface area contributed by atoms with Gasteiger partial charge >= 0.3 is 0 Å². The van der Waals surface area contributed by atoms with Crippen LogP contribution in [0.3, 0.4) is 0 Å². The van der Waals surface area contributed by atoms with E-state index in [1.807, 2.05) is 0 Å². The molecule has 1 aromatic rings. The summed E-state index contributed by atoms with van der Waals surface area (Å²) >= 11 is 0. The molecular formula is C11H17FN2O2. The van der Waals surface area contributed by atoms with Gasteiger partial charge in [-0.2, -0.15) is 0 Å². The van der Waals surface area contributed by atoms with Crippen LogP contribution in [0.2, 0.25) is 0 Å². The quantitative estimate of drug-likeness (QED) is 0.550. The van der Waals surface area contributed by atoms with Crippen LogP contribution >= 0.6 is 0 Å². The molecule has 0 spiro atoms. The second-order valence-corrected chi connectivity index (χ2v) is 3.69. The van der Waals surface area contributed by atoms with Crippen LogP contribution in [0.15, 0.2) is 18.2 Å². The number of nitrogen functional groups attached to an aromatic ring is 1. The van der Waals surface area contributed by atoms with E-state index in [4.69, 9.17) is 5.73 Å². The van der Waals surface area contributed by atoms with E-state index in [1.165, 1.54) is 12.1 Å². The molecule has 1 rings (SSSR count). The molecule has 0 fully saturated rings. The maximum Gasteiger partial charge on any atom is 0.131 e. The third-order valence-corrected chi connectivity index (χ3v) is 2.40. The summed E-state index contributed by atoms with van der Waals surface area (Å²) in [5.74, 6) is -0.601. The van der Waals surface area contributed by atoms with Crippen molar-refractivity contribution in [2.24, 2.45) is 0 Å². The zero-order valence-corrected chi connectivity index (χ0v) is 9.15. The lowest BCUT2D eigenvalue weighted by atomic mass is 10.0. The minimum absolute atomic E-state index is 0.0674. The van der Waals surface area contributed by atoms with E-state index in [1.54, 1.807) is 7.05 Å². The number of anilines is 1. The third kappa shape index (κ3) is 3.16. The Morgan fingerprint density at radius 2 is 2.12 bits per heavy atom. The second-order valence-electron chi connectivity index (χ2n) is 3.69. The van der Waals surface area contributed by atoms with Gasteiger partial charge in [-0.25, -0.2) is 4.39 Å². The molecule has 0 saturated carbocycles. The molecule has 0 aliphatic heterocycles. The van der Waals surface area contributed by atoms with Crippen LogP contribution in [-0.4, -0.2) is 29.9 Å². The molecule has 0 bridgehead atoms. The van der Waals surface area contributed by atoms with Gasteiger partial charge in [0.2, 0.25) is 0 Å². The molecule has 0 amide bonds. The summed E-state index contributed by atoms with van der Waals surface area (Å²) in [6.45, 7) is 0.550. The van der Waals surface area contributed by atoms with Crippen LogP contribution in [0.4, 0.5) is 10.1 Å². The summed E-state index contributed by atoms with van der Waals surface area (Å²) in [6, 6.07) is 4.01. The van der Waals surface area contributed by atoms with Crippen LogP contribution in [0.25, 0.3) is 0 Å². The van der Waals surface area contributed by atoms with Gasteiger partial charge < -0.3 is 21.3 Å². The smallest absolute Gasteiger partial charge is 0.131 e. The molecular weight excluding hydrogens is 211 g/mol. The van der Waals surface area contributed by atoms with Gasteiger partial charge in [-0.3, -0.25) is 0 Å². The molecule has 5 heteroatoms. The highest BCUT2D eigenvalue weighted by Gasteiger charge is 2.20. The average molecular weight is 228 g/mol. The zero-order valence-electron chi connectivity index (χ0n) is 9.15. The monoisotopic (exact) mass is 228 g/mol. The number of hydrogen-bond acceptors (Lipinski definition) is 4. The normalized spacial score (nSPS) is 14.8. The Hall–Kier alpha value is -1.17. The summed E-state index contributed by atoms with van der Waals surface area (Å²) in [5, 5.41) is 22.2. The zero-order chi connectivity index (χ0) is 12.1. The number of aliphatic hydroxyl groups is 2. The molecule has 0 aliphatic carbocycles. The molecule has 2 atom stereocenters. The minimum atomic E-state index is -1.23. The Bertz CT molecular complexity index is 347. The van der Waals surface area contributed by atoms with E-state index in [2.05, 4.69) is 5.32 Å². The van der Waals surface area contributed by atoms with Crippen LogP contribution in [-0.2, 0) is 0 Å². The standard InChI is InChI=1S/C11H17FN2O2/c1-14-5-4-10(15)11(16)8-3-2-7(13)6-9(8)12/h2-3,6,10-11,14-16H,4-5,13H2,1H3. The van der Waals surface area contributed by atoms with E-state index in [-0.39, 0.29) is 11.3 Å². The molecule has 16 heavy (non-hydrogen) atoms. The summed E-state index contributed by atoms with van der Waals surface area (Å²) in [6.07, 6.45) is -1.87. The third-order valence-electron chi connectivity index (χ3n) is 2.40. The van der Waals surface area contributed by atoms with Crippen molar-refractivity contribution in [1.82, 2.24) is 5.32 Å². The van der Waals surface area contributed by atoms with Crippen molar-refractivity contribution in [2.75, 3.05) is 19.3 Å². The fourth-order valence-electron chi connectivity index (χ4n) is 1.44. The topological polar surface area (TPSA) is 78.5 Å². The summed E-state index contributed by atoms with van der Waals surface area (Å²) in [7, 11) is 1.74. The Kier molecular flexibility index (Phi) is 4.67. The summed E-state index contributed by atoms with van der Waals surface area (Å²) < 4.78 is 13.4. The molecule has 5 N–H and O–H groups in total. The molecule has 0 saturated heterocycles. The molecule has 0 heterocycles. The summed E-state index contributed by atoms with van der Waals surface area (Å²) in [4.78, 5) is 0. The van der Waals surface area contributed by atoms with Gasteiger partial charge in [0.05, 0.1) is 6.10 Å². The van der Waals surface area contributed by atoms with Gasteiger partial charge in [-0.15, -0.1) is 0 Å². The lowest BCUT2D eigenvalue weighted by Gasteiger charge is -2.18.